The molecule has 8 heteroatoms. The third kappa shape index (κ3) is 6.31. The highest BCUT2D eigenvalue weighted by Crippen LogP contribution is 2.18. The van der Waals surface area contributed by atoms with Gasteiger partial charge in [0, 0.05) is 37.1 Å². The zero-order chi connectivity index (χ0) is 20.5. The maximum absolute atomic E-state index is 12.1. The van der Waals surface area contributed by atoms with Crippen molar-refractivity contribution in [2.45, 2.75) is 6.92 Å². The van der Waals surface area contributed by atoms with Crippen LogP contribution < -0.4 is 15.4 Å². The molecule has 0 radical (unpaired) electrons. The second-order valence-corrected chi connectivity index (χ2v) is 5.99. The zero-order valence-corrected chi connectivity index (χ0v) is 16.0. The second kappa shape index (κ2) is 9.96. The SMILES string of the molecule is CCOC(=O)Nc1cccc(OCC(=O)Nc2ccc(C(=O)N(C)C)cc2)c1. The largest absolute Gasteiger partial charge is 0.484 e. The molecule has 0 aromatic heterocycles. The summed E-state index contributed by atoms with van der Waals surface area (Å²) in [6, 6.07) is 13.2. The number of nitrogens with zero attached hydrogens (tertiary/aromatic N) is 1. The lowest BCUT2D eigenvalue weighted by Gasteiger charge is -2.11. The summed E-state index contributed by atoms with van der Waals surface area (Å²) in [5, 5.41) is 5.25. The van der Waals surface area contributed by atoms with Crippen molar-refractivity contribution in [2.75, 3.05) is 37.9 Å². The number of anilines is 2. The lowest BCUT2D eigenvalue weighted by atomic mass is 10.2. The van der Waals surface area contributed by atoms with Gasteiger partial charge < -0.3 is 19.7 Å². The van der Waals surface area contributed by atoms with Crippen LogP contribution >= 0.6 is 0 Å². The third-order valence-corrected chi connectivity index (χ3v) is 3.55. The lowest BCUT2D eigenvalue weighted by molar-refractivity contribution is -0.118. The van der Waals surface area contributed by atoms with E-state index in [9.17, 15) is 14.4 Å². The van der Waals surface area contributed by atoms with Gasteiger partial charge in [0.1, 0.15) is 5.75 Å². The topological polar surface area (TPSA) is 97.0 Å². The fraction of sp³-hybridized carbons (Fsp3) is 0.250. The monoisotopic (exact) mass is 385 g/mol. The maximum atomic E-state index is 12.1. The highest BCUT2D eigenvalue weighted by atomic mass is 16.5. The first-order valence-corrected chi connectivity index (χ1v) is 8.67. The van der Waals surface area contributed by atoms with Gasteiger partial charge in [-0.3, -0.25) is 14.9 Å². The molecule has 2 N–H and O–H groups in total. The van der Waals surface area contributed by atoms with E-state index in [1.807, 2.05) is 0 Å². The molecule has 28 heavy (non-hydrogen) atoms. The Kier molecular flexibility index (Phi) is 7.38. The summed E-state index contributed by atoms with van der Waals surface area (Å²) in [6.45, 7) is 1.78. The number of benzene rings is 2. The van der Waals surface area contributed by atoms with Crippen LogP contribution in [0.1, 0.15) is 17.3 Å². The van der Waals surface area contributed by atoms with Gasteiger partial charge in [-0.25, -0.2) is 4.79 Å². The average molecular weight is 385 g/mol. The average Bonchev–Trinajstić information content (AvgIpc) is 2.67. The van der Waals surface area contributed by atoms with Crippen LogP contribution in [0.15, 0.2) is 48.5 Å². The van der Waals surface area contributed by atoms with Crippen molar-refractivity contribution in [2.24, 2.45) is 0 Å². The molecule has 0 spiro atoms. The molecule has 0 unspecified atom stereocenters. The summed E-state index contributed by atoms with van der Waals surface area (Å²) in [5.41, 5.74) is 1.59. The van der Waals surface area contributed by atoms with E-state index in [2.05, 4.69) is 10.6 Å². The predicted molar refractivity (Wildman–Crippen MR) is 106 cm³/mol. The Balaban J connectivity index is 1.87. The van der Waals surface area contributed by atoms with Gasteiger partial charge in [-0.05, 0) is 43.3 Å². The van der Waals surface area contributed by atoms with E-state index in [0.717, 1.165) is 0 Å². The number of amides is 3. The Labute approximate surface area is 163 Å². The number of hydrogen-bond acceptors (Lipinski definition) is 5. The number of ether oxygens (including phenoxy) is 2. The first kappa shape index (κ1) is 20.8. The number of nitrogens with one attached hydrogen (secondary N) is 2. The van der Waals surface area contributed by atoms with Crippen LogP contribution in [0, 0.1) is 0 Å². The van der Waals surface area contributed by atoms with Crippen molar-refractivity contribution in [3.8, 4) is 5.75 Å². The molecule has 0 atom stereocenters. The fourth-order valence-electron chi connectivity index (χ4n) is 2.25. The molecule has 2 rings (SSSR count). The summed E-state index contributed by atoms with van der Waals surface area (Å²) in [6.07, 6.45) is -0.561. The standard InChI is InChI=1S/C20H23N3O5/c1-4-27-20(26)22-16-6-5-7-17(12-16)28-13-18(24)21-15-10-8-14(9-11-15)19(25)23(2)3/h5-12H,4,13H2,1-3H3,(H,21,24)(H,22,26). The van der Waals surface area contributed by atoms with Crippen LogP contribution in [0.3, 0.4) is 0 Å². The molecule has 2 aromatic carbocycles. The Bertz CT molecular complexity index is 834. The molecular formula is C20H23N3O5. The van der Waals surface area contributed by atoms with E-state index in [1.165, 1.54) is 4.90 Å². The van der Waals surface area contributed by atoms with E-state index in [1.54, 1.807) is 69.6 Å². The van der Waals surface area contributed by atoms with Gasteiger partial charge in [0.25, 0.3) is 11.8 Å². The van der Waals surface area contributed by atoms with Crippen LogP contribution in [0.4, 0.5) is 16.2 Å². The molecular weight excluding hydrogens is 362 g/mol. The van der Waals surface area contributed by atoms with Crippen molar-refractivity contribution < 1.29 is 23.9 Å². The van der Waals surface area contributed by atoms with Crippen molar-refractivity contribution in [3.05, 3.63) is 54.1 Å². The molecule has 0 aliphatic rings. The van der Waals surface area contributed by atoms with E-state index in [0.29, 0.717) is 22.7 Å². The quantitative estimate of drug-likeness (QED) is 0.764. The number of carbonyl (C=O) groups excluding carboxylic acids is 3. The highest BCUT2D eigenvalue weighted by Gasteiger charge is 2.09. The molecule has 8 nitrogen and oxygen atoms in total. The van der Waals surface area contributed by atoms with Crippen molar-refractivity contribution in [1.82, 2.24) is 4.90 Å². The molecule has 3 amide bonds. The number of carbonyl (C=O) groups is 3. The van der Waals surface area contributed by atoms with Gasteiger partial charge in [-0.1, -0.05) is 6.07 Å². The van der Waals surface area contributed by atoms with Gasteiger partial charge in [0.15, 0.2) is 6.61 Å². The Morgan fingerprint density at radius 2 is 1.68 bits per heavy atom. The van der Waals surface area contributed by atoms with Crippen LogP contribution in [-0.2, 0) is 9.53 Å². The maximum Gasteiger partial charge on any atom is 0.411 e. The summed E-state index contributed by atoms with van der Waals surface area (Å²) in [5.74, 6) is -0.0377. The molecule has 0 saturated heterocycles. The Morgan fingerprint density at radius 1 is 0.964 bits per heavy atom. The third-order valence-electron chi connectivity index (χ3n) is 3.55. The van der Waals surface area contributed by atoms with Gasteiger partial charge in [0.2, 0.25) is 0 Å². The molecule has 0 aliphatic heterocycles. The van der Waals surface area contributed by atoms with Gasteiger partial charge in [0.05, 0.1) is 6.61 Å². The summed E-state index contributed by atoms with van der Waals surface area (Å²) >= 11 is 0. The highest BCUT2D eigenvalue weighted by molar-refractivity contribution is 5.95. The van der Waals surface area contributed by atoms with E-state index >= 15 is 0 Å². The fourth-order valence-corrected chi connectivity index (χ4v) is 2.25. The summed E-state index contributed by atoms with van der Waals surface area (Å²) < 4.78 is 10.3. The zero-order valence-electron chi connectivity index (χ0n) is 16.0. The van der Waals surface area contributed by atoms with E-state index in [4.69, 9.17) is 9.47 Å². The minimum absolute atomic E-state index is 0.113. The van der Waals surface area contributed by atoms with Crippen LogP contribution in [0.2, 0.25) is 0 Å². The molecule has 0 heterocycles. The molecule has 0 aliphatic carbocycles. The van der Waals surface area contributed by atoms with Gasteiger partial charge in [-0.15, -0.1) is 0 Å². The summed E-state index contributed by atoms with van der Waals surface area (Å²) in [7, 11) is 3.35. The van der Waals surface area contributed by atoms with Gasteiger partial charge >= 0.3 is 6.09 Å². The Hall–Kier alpha value is -3.55. The van der Waals surface area contributed by atoms with E-state index < -0.39 is 6.09 Å². The van der Waals surface area contributed by atoms with E-state index in [-0.39, 0.29) is 25.0 Å². The minimum atomic E-state index is -0.561. The molecule has 0 bridgehead atoms. The second-order valence-electron chi connectivity index (χ2n) is 5.99. The number of rotatable bonds is 7. The lowest BCUT2D eigenvalue weighted by Crippen LogP contribution is -2.22. The van der Waals surface area contributed by atoms with Crippen LogP contribution in [0.5, 0.6) is 5.75 Å². The Morgan fingerprint density at radius 3 is 2.32 bits per heavy atom. The summed E-state index contributed by atoms with van der Waals surface area (Å²) in [4.78, 5) is 36.8. The predicted octanol–water partition coefficient (Wildman–Crippen LogP) is 2.97. The van der Waals surface area contributed by atoms with Crippen molar-refractivity contribution in [3.63, 3.8) is 0 Å². The first-order chi connectivity index (χ1) is 13.4. The number of hydrogen-bond donors (Lipinski definition) is 2. The first-order valence-electron chi connectivity index (χ1n) is 8.67. The van der Waals surface area contributed by atoms with Crippen LogP contribution in [0.25, 0.3) is 0 Å². The normalized spacial score (nSPS) is 9.96. The molecule has 0 saturated carbocycles. The van der Waals surface area contributed by atoms with Gasteiger partial charge in [-0.2, -0.15) is 0 Å². The molecule has 148 valence electrons. The van der Waals surface area contributed by atoms with Crippen molar-refractivity contribution >= 4 is 29.3 Å². The molecule has 2 aromatic rings. The molecule has 0 fully saturated rings. The van der Waals surface area contributed by atoms with Crippen LogP contribution in [-0.4, -0.2) is 50.1 Å². The van der Waals surface area contributed by atoms with Crippen molar-refractivity contribution in [1.29, 1.82) is 0 Å². The minimum Gasteiger partial charge on any atom is -0.484 e. The smallest absolute Gasteiger partial charge is 0.411 e.